The molecule has 0 aliphatic heterocycles. The Morgan fingerprint density at radius 2 is 1.85 bits per heavy atom. The van der Waals surface area contributed by atoms with Gasteiger partial charge in [-0.15, -0.1) is 0 Å². The smallest absolute Gasteiger partial charge is 0.449 e. The summed E-state index contributed by atoms with van der Waals surface area (Å²) in [4.78, 5) is 27.2. The maximum Gasteiger partial charge on any atom is 0.449 e. The monoisotopic (exact) mass is 424 g/mol. The van der Waals surface area contributed by atoms with Gasteiger partial charge in [-0.25, -0.2) is 9.78 Å². The van der Waals surface area contributed by atoms with Crippen molar-refractivity contribution in [3.8, 4) is 16.9 Å². The molecule has 0 spiro atoms. The van der Waals surface area contributed by atoms with E-state index < -0.39 is 29.6 Å². The lowest BCUT2D eigenvalue weighted by Gasteiger charge is -2.16. The first-order valence-electron chi connectivity index (χ1n) is 7.34. The summed E-state index contributed by atoms with van der Waals surface area (Å²) in [6, 6.07) is 2.49. The Kier molecular flexibility index (Phi) is 6.06. The van der Waals surface area contributed by atoms with Gasteiger partial charge >= 0.3 is 12.1 Å². The van der Waals surface area contributed by atoms with E-state index >= 15 is 0 Å². The van der Waals surface area contributed by atoms with Gasteiger partial charge in [0.2, 0.25) is 5.82 Å². The van der Waals surface area contributed by atoms with E-state index in [9.17, 15) is 22.8 Å². The highest BCUT2D eigenvalue weighted by atomic mass is 35.5. The molecule has 1 unspecified atom stereocenters. The van der Waals surface area contributed by atoms with Gasteiger partial charge in [-0.05, 0) is 19.1 Å². The number of benzene rings is 1. The second kappa shape index (κ2) is 7.77. The van der Waals surface area contributed by atoms with Crippen molar-refractivity contribution in [3.63, 3.8) is 0 Å². The number of hydrogen-bond donors (Lipinski definition) is 0. The van der Waals surface area contributed by atoms with Crippen LogP contribution in [0, 0.1) is 0 Å². The Bertz CT molecular complexity index is 944. The summed E-state index contributed by atoms with van der Waals surface area (Å²) >= 11 is 12.1. The molecule has 1 atom stereocenters. The van der Waals surface area contributed by atoms with Gasteiger partial charge in [-0.2, -0.15) is 13.2 Å². The van der Waals surface area contributed by atoms with Gasteiger partial charge in [0.25, 0.3) is 5.56 Å². The fraction of sp³-hybridized carbons (Fsp3) is 0.312. The van der Waals surface area contributed by atoms with Crippen molar-refractivity contribution in [1.82, 2.24) is 9.55 Å². The Balaban J connectivity index is 2.57. The Labute approximate surface area is 161 Å². The van der Waals surface area contributed by atoms with E-state index in [0.717, 1.165) is 13.2 Å². The van der Waals surface area contributed by atoms with Crippen LogP contribution in [0.25, 0.3) is 11.1 Å². The SMILES string of the molecule is COC(=O)C(C)Oc1cc(-c2cnc(C(F)(F)F)n(C)c2=O)c(Cl)cc1Cl. The van der Waals surface area contributed by atoms with Gasteiger partial charge in [-0.1, -0.05) is 23.2 Å². The normalized spacial score (nSPS) is 12.6. The molecule has 6 nitrogen and oxygen atoms in total. The van der Waals surface area contributed by atoms with Crippen LogP contribution in [-0.4, -0.2) is 28.7 Å². The Morgan fingerprint density at radius 3 is 2.41 bits per heavy atom. The highest BCUT2D eigenvalue weighted by Crippen LogP contribution is 2.36. The summed E-state index contributed by atoms with van der Waals surface area (Å²) in [6.45, 7) is 1.41. The molecule has 0 aliphatic rings. The van der Waals surface area contributed by atoms with Crippen LogP contribution >= 0.6 is 23.2 Å². The number of ether oxygens (including phenoxy) is 2. The largest absolute Gasteiger partial charge is 0.477 e. The fourth-order valence-electron chi connectivity index (χ4n) is 2.22. The average Bonchev–Trinajstić information content (AvgIpc) is 2.58. The van der Waals surface area contributed by atoms with Crippen molar-refractivity contribution in [3.05, 3.63) is 44.6 Å². The topological polar surface area (TPSA) is 70.4 Å². The molecule has 11 heteroatoms. The third-order valence-electron chi connectivity index (χ3n) is 3.57. The number of carbonyl (C=O) groups is 1. The zero-order valence-corrected chi connectivity index (χ0v) is 15.7. The summed E-state index contributed by atoms with van der Waals surface area (Å²) in [5, 5.41) is 0.0351. The zero-order valence-electron chi connectivity index (χ0n) is 14.2. The molecule has 1 heterocycles. The van der Waals surface area contributed by atoms with Gasteiger partial charge in [0, 0.05) is 18.8 Å². The molecule has 0 saturated heterocycles. The van der Waals surface area contributed by atoms with Crippen LogP contribution < -0.4 is 10.3 Å². The van der Waals surface area contributed by atoms with Gasteiger partial charge in [0.1, 0.15) is 5.75 Å². The molecule has 0 fully saturated rings. The van der Waals surface area contributed by atoms with Crippen LogP contribution in [0.4, 0.5) is 13.2 Å². The standard InChI is InChI=1S/C16H13Cl2F3N2O4/c1-7(14(25)26-3)27-12-4-8(10(17)5-11(12)18)9-6-22-15(16(19,20)21)23(2)13(9)24/h4-7H,1-3H3. The maximum absolute atomic E-state index is 12.9. The van der Waals surface area contributed by atoms with E-state index in [2.05, 4.69) is 9.72 Å². The molecule has 1 aromatic carbocycles. The van der Waals surface area contributed by atoms with E-state index in [1.54, 1.807) is 0 Å². The van der Waals surface area contributed by atoms with Crippen LogP contribution in [0.5, 0.6) is 5.75 Å². The van der Waals surface area contributed by atoms with Gasteiger partial charge < -0.3 is 9.47 Å². The molecule has 0 N–H and O–H groups in total. The van der Waals surface area contributed by atoms with E-state index in [4.69, 9.17) is 27.9 Å². The van der Waals surface area contributed by atoms with Crippen molar-refractivity contribution < 1.29 is 27.4 Å². The number of hydrogen-bond acceptors (Lipinski definition) is 5. The Hall–Kier alpha value is -2.26. The number of rotatable bonds is 4. The van der Waals surface area contributed by atoms with Crippen LogP contribution in [-0.2, 0) is 22.8 Å². The minimum absolute atomic E-state index is 0.00303. The van der Waals surface area contributed by atoms with E-state index in [0.29, 0.717) is 4.57 Å². The molecular weight excluding hydrogens is 412 g/mol. The second-order valence-electron chi connectivity index (χ2n) is 5.40. The molecule has 0 amide bonds. The van der Waals surface area contributed by atoms with Crippen LogP contribution in [0.2, 0.25) is 10.0 Å². The minimum atomic E-state index is -4.79. The summed E-state index contributed by atoms with van der Waals surface area (Å²) in [5.74, 6) is -2.03. The quantitative estimate of drug-likeness (QED) is 0.699. The molecule has 2 rings (SSSR count). The molecule has 0 bridgehead atoms. The number of carbonyl (C=O) groups excluding carboxylic acids is 1. The number of halogens is 5. The number of esters is 1. The number of nitrogens with zero attached hydrogens (tertiary/aromatic N) is 2. The minimum Gasteiger partial charge on any atom is -0.477 e. The summed E-state index contributed by atoms with van der Waals surface area (Å²) in [5.41, 5.74) is -1.11. The van der Waals surface area contributed by atoms with Crippen molar-refractivity contribution in [2.75, 3.05) is 7.11 Å². The average molecular weight is 425 g/mol. The highest BCUT2D eigenvalue weighted by molar-refractivity contribution is 6.37. The third kappa shape index (κ3) is 4.36. The van der Waals surface area contributed by atoms with Gasteiger partial charge in [-0.3, -0.25) is 9.36 Å². The first-order valence-corrected chi connectivity index (χ1v) is 8.10. The van der Waals surface area contributed by atoms with Crippen molar-refractivity contribution in [2.45, 2.75) is 19.2 Å². The number of methoxy groups -OCH3 is 1. The molecule has 0 radical (unpaired) electrons. The van der Waals surface area contributed by atoms with Crippen molar-refractivity contribution in [1.29, 1.82) is 0 Å². The first kappa shape index (κ1) is 21.0. The molecule has 146 valence electrons. The van der Waals surface area contributed by atoms with E-state index in [1.807, 2.05) is 0 Å². The zero-order chi connectivity index (χ0) is 20.5. The van der Waals surface area contributed by atoms with Gasteiger partial charge in [0.15, 0.2) is 6.10 Å². The van der Waals surface area contributed by atoms with Crippen LogP contribution in [0.3, 0.4) is 0 Å². The van der Waals surface area contributed by atoms with Crippen LogP contribution in [0.1, 0.15) is 12.7 Å². The first-order chi connectivity index (χ1) is 12.5. The van der Waals surface area contributed by atoms with Crippen molar-refractivity contribution >= 4 is 29.2 Å². The summed E-state index contributed by atoms with van der Waals surface area (Å²) in [6.07, 6.45) is -5.04. The predicted molar refractivity (Wildman–Crippen MR) is 92.0 cm³/mol. The summed E-state index contributed by atoms with van der Waals surface area (Å²) < 4.78 is 48.9. The third-order valence-corrected chi connectivity index (χ3v) is 4.18. The molecule has 27 heavy (non-hydrogen) atoms. The molecular formula is C16H13Cl2F3N2O4. The fourth-order valence-corrected chi connectivity index (χ4v) is 2.75. The molecule has 0 saturated carbocycles. The molecule has 2 aromatic rings. The number of aromatic nitrogens is 2. The Morgan fingerprint density at radius 1 is 1.22 bits per heavy atom. The predicted octanol–water partition coefficient (Wildman–Crippen LogP) is 3.71. The summed E-state index contributed by atoms with van der Waals surface area (Å²) in [7, 11) is 2.12. The molecule has 0 aliphatic carbocycles. The lowest BCUT2D eigenvalue weighted by molar-refractivity contribution is -0.148. The van der Waals surface area contributed by atoms with Crippen molar-refractivity contribution in [2.24, 2.45) is 7.05 Å². The molecule has 1 aromatic heterocycles. The van der Waals surface area contributed by atoms with E-state index in [-0.39, 0.29) is 26.9 Å². The number of alkyl halides is 3. The highest BCUT2D eigenvalue weighted by Gasteiger charge is 2.36. The maximum atomic E-state index is 12.9. The van der Waals surface area contributed by atoms with E-state index in [1.165, 1.54) is 26.2 Å². The lowest BCUT2D eigenvalue weighted by Crippen LogP contribution is -2.28. The van der Waals surface area contributed by atoms with Crippen LogP contribution in [0.15, 0.2) is 23.1 Å². The second-order valence-corrected chi connectivity index (χ2v) is 6.22. The van der Waals surface area contributed by atoms with Gasteiger partial charge in [0.05, 0.1) is 22.7 Å². The lowest BCUT2D eigenvalue weighted by atomic mass is 10.1.